The predicted octanol–water partition coefficient (Wildman–Crippen LogP) is 5.07. The first-order chi connectivity index (χ1) is 18.1. The number of pyridine rings is 1. The van der Waals surface area contributed by atoms with Crippen molar-refractivity contribution in [1.29, 1.82) is 0 Å². The summed E-state index contributed by atoms with van der Waals surface area (Å²) in [5.41, 5.74) is 4.81. The number of allylic oxidation sites excluding steroid dienone is 4. The van der Waals surface area contributed by atoms with Gasteiger partial charge < -0.3 is 10.1 Å². The van der Waals surface area contributed by atoms with E-state index in [0.29, 0.717) is 23.6 Å². The number of hydrogen-bond donors (Lipinski definition) is 1. The number of ether oxygens (including phenoxy) is 1. The average molecular weight is 519 g/mol. The van der Waals surface area contributed by atoms with E-state index in [4.69, 9.17) is 21.3 Å². The van der Waals surface area contributed by atoms with Gasteiger partial charge in [0.2, 0.25) is 5.95 Å². The quantitative estimate of drug-likeness (QED) is 0.471. The maximum atomic E-state index is 14.0. The summed E-state index contributed by atoms with van der Waals surface area (Å²) in [6.07, 6.45) is 15.9. The van der Waals surface area contributed by atoms with Crippen LogP contribution in [0.1, 0.15) is 67.9 Å². The summed E-state index contributed by atoms with van der Waals surface area (Å²) in [6, 6.07) is 2.32. The van der Waals surface area contributed by atoms with Crippen LogP contribution in [0.4, 0.5) is 5.95 Å². The average Bonchev–Trinajstić information content (AvgIpc) is 3.44. The van der Waals surface area contributed by atoms with Gasteiger partial charge in [0.05, 0.1) is 23.0 Å². The molecule has 1 saturated heterocycles. The molecule has 0 aromatic carbocycles. The molecule has 9 heteroatoms. The van der Waals surface area contributed by atoms with Crippen molar-refractivity contribution in [3.63, 3.8) is 0 Å². The molecule has 1 aliphatic heterocycles. The van der Waals surface area contributed by atoms with Gasteiger partial charge in [-0.2, -0.15) is 4.98 Å². The van der Waals surface area contributed by atoms with Crippen LogP contribution in [0.15, 0.2) is 41.6 Å². The molecule has 6 rings (SSSR count). The molecule has 0 bridgehead atoms. The van der Waals surface area contributed by atoms with Crippen molar-refractivity contribution in [1.82, 2.24) is 24.5 Å². The number of aromatic nitrogens is 5. The van der Waals surface area contributed by atoms with Crippen LogP contribution in [0.2, 0.25) is 0 Å². The predicted molar refractivity (Wildman–Crippen MR) is 146 cm³/mol. The zero-order valence-corrected chi connectivity index (χ0v) is 21.7. The maximum Gasteiger partial charge on any atom is 0.260 e. The van der Waals surface area contributed by atoms with Gasteiger partial charge in [-0.05, 0) is 56.2 Å². The number of nitrogens with one attached hydrogen (secondary N) is 1. The van der Waals surface area contributed by atoms with E-state index in [1.807, 2.05) is 35.9 Å². The fraction of sp³-hybridized carbons (Fsp3) is 0.464. The molecule has 4 heterocycles. The van der Waals surface area contributed by atoms with E-state index in [0.717, 1.165) is 79.7 Å². The number of fused-ring (bicyclic) bond motifs is 1. The van der Waals surface area contributed by atoms with Gasteiger partial charge in [-0.1, -0.05) is 25.0 Å². The summed E-state index contributed by atoms with van der Waals surface area (Å²) in [5.74, 6) is 0.567. The van der Waals surface area contributed by atoms with E-state index in [1.165, 1.54) is 0 Å². The standard InChI is InChI=1S/C28H31ClN6O2/c1-17-14-30-16-25(32-17)18-6-7-22(24(29)13-18)23-12-19-15-31-28(33-20-8-10-37-11-9-20)34-26(19)35(27(23)36)21-4-2-3-5-21/h6-7,12,14-16,20-21,24H,2-5,8-11,13H2,1H3,(H,31,33,34). The summed E-state index contributed by atoms with van der Waals surface area (Å²) in [6.45, 7) is 3.40. The first-order valence-electron chi connectivity index (χ1n) is 13.2. The van der Waals surface area contributed by atoms with Crippen LogP contribution in [0.5, 0.6) is 0 Å². The van der Waals surface area contributed by atoms with Crippen LogP contribution >= 0.6 is 11.6 Å². The van der Waals surface area contributed by atoms with Crippen LogP contribution in [0.25, 0.3) is 22.2 Å². The molecule has 1 N–H and O–H groups in total. The Hall–Kier alpha value is -3.10. The van der Waals surface area contributed by atoms with Crippen molar-refractivity contribution in [3.05, 3.63) is 64.1 Å². The Kier molecular flexibility index (Phi) is 6.78. The lowest BCUT2D eigenvalue weighted by atomic mass is 9.91. The van der Waals surface area contributed by atoms with Gasteiger partial charge in [-0.15, -0.1) is 11.6 Å². The van der Waals surface area contributed by atoms with E-state index in [9.17, 15) is 4.79 Å². The van der Waals surface area contributed by atoms with Crippen LogP contribution in [-0.4, -0.2) is 49.1 Å². The number of rotatable bonds is 5. The van der Waals surface area contributed by atoms with Crippen molar-refractivity contribution in [2.75, 3.05) is 18.5 Å². The first-order valence-corrected chi connectivity index (χ1v) is 13.6. The van der Waals surface area contributed by atoms with Gasteiger partial charge in [0, 0.05) is 48.6 Å². The smallest absolute Gasteiger partial charge is 0.260 e. The SMILES string of the molecule is Cc1cncc(C2=CC=C(c3cc4cnc(NC5CCOCC5)nc4n(C4CCCC4)c3=O)C(Cl)C2)n1. The van der Waals surface area contributed by atoms with Crippen molar-refractivity contribution < 1.29 is 4.74 Å². The van der Waals surface area contributed by atoms with E-state index >= 15 is 0 Å². The molecule has 0 radical (unpaired) electrons. The molecule has 192 valence electrons. The van der Waals surface area contributed by atoms with Gasteiger partial charge in [0.15, 0.2) is 0 Å². The van der Waals surface area contributed by atoms with Gasteiger partial charge in [-0.3, -0.25) is 19.3 Å². The Morgan fingerprint density at radius 3 is 2.62 bits per heavy atom. The Morgan fingerprint density at radius 1 is 1.05 bits per heavy atom. The maximum absolute atomic E-state index is 14.0. The Morgan fingerprint density at radius 2 is 1.86 bits per heavy atom. The lowest BCUT2D eigenvalue weighted by molar-refractivity contribution is 0.0903. The minimum Gasteiger partial charge on any atom is -0.381 e. The molecular formula is C28H31ClN6O2. The zero-order valence-electron chi connectivity index (χ0n) is 21.0. The second kappa shape index (κ2) is 10.3. The lowest BCUT2D eigenvalue weighted by Crippen LogP contribution is -2.30. The van der Waals surface area contributed by atoms with Crippen molar-refractivity contribution in [2.24, 2.45) is 0 Å². The highest BCUT2D eigenvalue weighted by atomic mass is 35.5. The molecule has 3 aromatic rings. The van der Waals surface area contributed by atoms with Crippen molar-refractivity contribution in [3.8, 4) is 0 Å². The van der Waals surface area contributed by atoms with Crippen LogP contribution in [0.3, 0.4) is 0 Å². The van der Waals surface area contributed by atoms with Crippen LogP contribution in [-0.2, 0) is 4.74 Å². The Balaban J connectivity index is 1.42. The molecule has 2 fully saturated rings. The van der Waals surface area contributed by atoms with Gasteiger partial charge >= 0.3 is 0 Å². The van der Waals surface area contributed by atoms with Gasteiger partial charge in [0.25, 0.3) is 5.56 Å². The second-order valence-electron chi connectivity index (χ2n) is 10.2. The minimum absolute atomic E-state index is 0.0285. The molecule has 2 aliphatic carbocycles. The number of alkyl halides is 1. The van der Waals surface area contributed by atoms with E-state index in [2.05, 4.69) is 20.3 Å². The number of anilines is 1. The minimum atomic E-state index is -0.347. The Bertz CT molecular complexity index is 1440. The molecule has 0 spiro atoms. The second-order valence-corrected chi connectivity index (χ2v) is 10.7. The largest absolute Gasteiger partial charge is 0.381 e. The summed E-state index contributed by atoms with van der Waals surface area (Å²) < 4.78 is 7.38. The molecule has 1 saturated carbocycles. The van der Waals surface area contributed by atoms with E-state index < -0.39 is 0 Å². The summed E-state index contributed by atoms with van der Waals surface area (Å²) in [7, 11) is 0. The fourth-order valence-electron chi connectivity index (χ4n) is 5.65. The third-order valence-electron chi connectivity index (χ3n) is 7.61. The highest BCUT2D eigenvalue weighted by Crippen LogP contribution is 2.36. The number of nitrogens with zero attached hydrogens (tertiary/aromatic N) is 5. The van der Waals surface area contributed by atoms with Crippen molar-refractivity contribution >= 4 is 39.7 Å². The molecule has 1 atom stereocenters. The highest BCUT2D eigenvalue weighted by molar-refractivity contribution is 6.27. The molecule has 1 unspecified atom stereocenters. The lowest BCUT2D eigenvalue weighted by Gasteiger charge is -2.24. The van der Waals surface area contributed by atoms with E-state index in [-0.39, 0.29) is 23.0 Å². The number of aryl methyl sites for hydroxylation is 1. The molecule has 0 amide bonds. The normalized spacial score (nSPS) is 21.2. The third-order valence-corrected chi connectivity index (χ3v) is 8.00. The third kappa shape index (κ3) is 4.92. The fourth-order valence-corrected chi connectivity index (χ4v) is 6.01. The number of hydrogen-bond acceptors (Lipinski definition) is 7. The molecular weight excluding hydrogens is 488 g/mol. The highest BCUT2D eigenvalue weighted by Gasteiger charge is 2.27. The van der Waals surface area contributed by atoms with Crippen LogP contribution in [0, 0.1) is 6.92 Å². The molecule has 8 nitrogen and oxygen atoms in total. The zero-order chi connectivity index (χ0) is 25.4. The van der Waals surface area contributed by atoms with Crippen LogP contribution < -0.4 is 10.9 Å². The van der Waals surface area contributed by atoms with Gasteiger partial charge in [0.1, 0.15) is 5.65 Å². The molecule has 3 aliphatic rings. The Labute approximate surface area is 220 Å². The van der Waals surface area contributed by atoms with E-state index in [1.54, 1.807) is 12.4 Å². The summed E-state index contributed by atoms with van der Waals surface area (Å²) >= 11 is 6.91. The summed E-state index contributed by atoms with van der Waals surface area (Å²) in [5, 5.41) is 3.95. The monoisotopic (exact) mass is 518 g/mol. The molecule has 3 aromatic heterocycles. The van der Waals surface area contributed by atoms with Crippen molar-refractivity contribution in [2.45, 2.75) is 69.3 Å². The van der Waals surface area contributed by atoms with Gasteiger partial charge in [-0.25, -0.2) is 4.98 Å². The topological polar surface area (TPSA) is 94.8 Å². The molecule has 37 heavy (non-hydrogen) atoms. The first kappa shape index (κ1) is 24.2. The number of halogens is 1. The summed E-state index contributed by atoms with van der Waals surface area (Å²) in [4.78, 5) is 32.4.